The van der Waals surface area contributed by atoms with Gasteiger partial charge in [-0.1, -0.05) is 35.0 Å². The summed E-state index contributed by atoms with van der Waals surface area (Å²) in [6.07, 6.45) is 0. The maximum absolute atomic E-state index is 12.2. The van der Waals surface area contributed by atoms with Crippen LogP contribution in [0, 0.1) is 0 Å². The molecule has 1 N–H and O–H groups in total. The molecule has 0 aliphatic carbocycles. The molecule has 0 saturated heterocycles. The minimum atomic E-state index is 0.00378. The zero-order valence-electron chi connectivity index (χ0n) is 14.4. The normalized spacial score (nSPS) is 10.7. The Labute approximate surface area is 152 Å². The number of rotatable bonds is 7. The lowest BCUT2D eigenvalue weighted by atomic mass is 10.2. The van der Waals surface area contributed by atoms with Crippen molar-refractivity contribution < 1.29 is 4.79 Å². The third-order valence-electron chi connectivity index (χ3n) is 3.80. The molecule has 0 unspecified atom stereocenters. The van der Waals surface area contributed by atoms with Crippen molar-refractivity contribution in [2.45, 2.75) is 13.5 Å². The van der Waals surface area contributed by atoms with Crippen LogP contribution in [-0.4, -0.2) is 38.0 Å². The van der Waals surface area contributed by atoms with Gasteiger partial charge in [0.15, 0.2) is 0 Å². The number of likely N-dealkylation sites (N-methyl/N-ethyl adjacent to an activating group) is 1. The molecule has 2 aromatic rings. The van der Waals surface area contributed by atoms with E-state index in [-0.39, 0.29) is 5.91 Å². The number of hydrogen-bond donors (Lipinski definition) is 1. The Hall–Kier alpha value is -1.85. The fourth-order valence-corrected chi connectivity index (χ4v) is 2.64. The van der Waals surface area contributed by atoms with Crippen LogP contribution in [-0.2, 0) is 11.3 Å². The van der Waals surface area contributed by atoms with Gasteiger partial charge in [-0.25, -0.2) is 0 Å². The van der Waals surface area contributed by atoms with Crippen LogP contribution in [0.3, 0.4) is 0 Å². The molecule has 0 saturated carbocycles. The number of hydrogen-bond acceptors (Lipinski definition) is 3. The molecule has 0 aliphatic rings. The largest absolute Gasteiger partial charge is 0.378 e. The number of carbonyl (C=O) groups excluding carboxylic acids is 1. The van der Waals surface area contributed by atoms with Gasteiger partial charge in [0.2, 0.25) is 5.91 Å². The molecule has 0 fully saturated rings. The summed E-state index contributed by atoms with van der Waals surface area (Å²) in [7, 11) is 4.06. The standard InChI is InChI=1S/C19H24BrN3O/c1-4-23(13-15-5-11-18(12-6-15)22(2)3)14-19(24)21-17-9-7-16(20)8-10-17/h5-12H,4,13-14H2,1-3H3,(H,21,24). The molecular weight excluding hydrogens is 366 g/mol. The van der Waals surface area contributed by atoms with E-state index < -0.39 is 0 Å². The van der Waals surface area contributed by atoms with Crippen LogP contribution in [0.1, 0.15) is 12.5 Å². The fourth-order valence-electron chi connectivity index (χ4n) is 2.37. The van der Waals surface area contributed by atoms with E-state index in [4.69, 9.17) is 0 Å². The van der Waals surface area contributed by atoms with Crippen molar-refractivity contribution in [3.05, 3.63) is 58.6 Å². The van der Waals surface area contributed by atoms with Gasteiger partial charge in [0.1, 0.15) is 0 Å². The van der Waals surface area contributed by atoms with Crippen LogP contribution < -0.4 is 10.2 Å². The highest BCUT2D eigenvalue weighted by atomic mass is 79.9. The molecular formula is C19H24BrN3O. The first-order valence-electron chi connectivity index (χ1n) is 8.02. The smallest absolute Gasteiger partial charge is 0.238 e. The van der Waals surface area contributed by atoms with Crippen molar-refractivity contribution in [2.75, 3.05) is 37.4 Å². The maximum Gasteiger partial charge on any atom is 0.238 e. The molecule has 0 bridgehead atoms. The Morgan fingerprint density at radius 2 is 1.67 bits per heavy atom. The minimum Gasteiger partial charge on any atom is -0.378 e. The number of halogens is 1. The summed E-state index contributed by atoms with van der Waals surface area (Å²) in [6, 6.07) is 16.0. The Bertz CT molecular complexity index is 653. The van der Waals surface area contributed by atoms with Gasteiger partial charge in [0, 0.05) is 36.5 Å². The lowest BCUT2D eigenvalue weighted by molar-refractivity contribution is -0.117. The van der Waals surface area contributed by atoms with Gasteiger partial charge >= 0.3 is 0 Å². The van der Waals surface area contributed by atoms with Crippen molar-refractivity contribution in [1.82, 2.24) is 4.90 Å². The molecule has 0 spiro atoms. The second-order valence-electron chi connectivity index (χ2n) is 5.92. The first-order valence-corrected chi connectivity index (χ1v) is 8.81. The zero-order valence-corrected chi connectivity index (χ0v) is 16.0. The molecule has 0 aromatic heterocycles. The first-order chi connectivity index (χ1) is 11.5. The quantitative estimate of drug-likeness (QED) is 0.777. The Kier molecular flexibility index (Phi) is 6.82. The molecule has 128 valence electrons. The van der Waals surface area contributed by atoms with Crippen LogP contribution in [0.15, 0.2) is 53.0 Å². The van der Waals surface area contributed by atoms with Crippen LogP contribution in [0.2, 0.25) is 0 Å². The molecule has 2 rings (SSSR count). The van der Waals surface area contributed by atoms with Crippen molar-refractivity contribution in [3.63, 3.8) is 0 Å². The van der Waals surface area contributed by atoms with Gasteiger partial charge in [-0.2, -0.15) is 0 Å². The van der Waals surface area contributed by atoms with E-state index in [1.807, 2.05) is 38.4 Å². The average Bonchev–Trinajstić information content (AvgIpc) is 2.56. The van der Waals surface area contributed by atoms with Crippen LogP contribution in [0.25, 0.3) is 0 Å². The molecule has 0 radical (unpaired) electrons. The van der Waals surface area contributed by atoms with Gasteiger partial charge < -0.3 is 10.2 Å². The van der Waals surface area contributed by atoms with Crippen LogP contribution in [0.5, 0.6) is 0 Å². The van der Waals surface area contributed by atoms with Crippen LogP contribution >= 0.6 is 15.9 Å². The highest BCUT2D eigenvalue weighted by molar-refractivity contribution is 9.10. The van der Waals surface area contributed by atoms with E-state index in [9.17, 15) is 4.79 Å². The predicted octanol–water partition coefficient (Wildman–Crippen LogP) is 3.98. The molecule has 1 amide bonds. The van der Waals surface area contributed by atoms with Crippen molar-refractivity contribution in [2.24, 2.45) is 0 Å². The topological polar surface area (TPSA) is 35.6 Å². The number of nitrogens with zero attached hydrogens (tertiary/aromatic N) is 2. The third kappa shape index (κ3) is 5.65. The average molecular weight is 390 g/mol. The summed E-state index contributed by atoms with van der Waals surface area (Å²) in [5, 5.41) is 2.94. The lowest BCUT2D eigenvalue weighted by Gasteiger charge is -2.20. The van der Waals surface area contributed by atoms with Gasteiger partial charge in [-0.15, -0.1) is 0 Å². The highest BCUT2D eigenvalue weighted by Gasteiger charge is 2.10. The number of benzene rings is 2. The predicted molar refractivity (Wildman–Crippen MR) is 104 cm³/mol. The van der Waals surface area contributed by atoms with Crippen molar-refractivity contribution in [3.8, 4) is 0 Å². The fraction of sp³-hybridized carbons (Fsp3) is 0.316. The monoisotopic (exact) mass is 389 g/mol. The number of anilines is 2. The van der Waals surface area contributed by atoms with Gasteiger partial charge in [0.05, 0.1) is 6.54 Å². The Balaban J connectivity index is 1.91. The molecule has 24 heavy (non-hydrogen) atoms. The number of carbonyl (C=O) groups is 1. The van der Waals surface area contributed by atoms with Gasteiger partial charge in [0.25, 0.3) is 0 Å². The van der Waals surface area contributed by atoms with E-state index in [1.165, 1.54) is 11.3 Å². The van der Waals surface area contributed by atoms with E-state index in [2.05, 4.69) is 62.2 Å². The van der Waals surface area contributed by atoms with Gasteiger partial charge in [-0.3, -0.25) is 9.69 Å². The first kappa shape index (κ1) is 18.5. The number of nitrogens with one attached hydrogen (secondary N) is 1. The van der Waals surface area contributed by atoms with E-state index in [0.717, 1.165) is 23.2 Å². The number of amides is 1. The maximum atomic E-state index is 12.2. The summed E-state index contributed by atoms with van der Waals surface area (Å²) in [5.41, 5.74) is 3.20. The zero-order chi connectivity index (χ0) is 17.5. The molecule has 0 atom stereocenters. The summed E-state index contributed by atoms with van der Waals surface area (Å²) in [6.45, 7) is 4.03. The second kappa shape index (κ2) is 8.85. The molecule has 0 aliphatic heterocycles. The van der Waals surface area contributed by atoms with Crippen molar-refractivity contribution >= 4 is 33.2 Å². The third-order valence-corrected chi connectivity index (χ3v) is 4.33. The summed E-state index contributed by atoms with van der Waals surface area (Å²) < 4.78 is 0.997. The molecule has 2 aromatic carbocycles. The Morgan fingerprint density at radius 3 is 2.21 bits per heavy atom. The molecule has 0 heterocycles. The summed E-state index contributed by atoms with van der Waals surface area (Å²) in [5.74, 6) is 0.00378. The van der Waals surface area contributed by atoms with E-state index in [1.54, 1.807) is 0 Å². The minimum absolute atomic E-state index is 0.00378. The SMILES string of the molecule is CCN(CC(=O)Nc1ccc(Br)cc1)Cc1ccc(N(C)C)cc1. The summed E-state index contributed by atoms with van der Waals surface area (Å²) >= 11 is 3.39. The van der Waals surface area contributed by atoms with E-state index >= 15 is 0 Å². The lowest BCUT2D eigenvalue weighted by Crippen LogP contribution is -2.32. The van der Waals surface area contributed by atoms with Gasteiger partial charge in [-0.05, 0) is 48.5 Å². The highest BCUT2D eigenvalue weighted by Crippen LogP contribution is 2.15. The molecule has 5 heteroatoms. The summed E-state index contributed by atoms with van der Waals surface area (Å²) in [4.78, 5) is 16.4. The second-order valence-corrected chi connectivity index (χ2v) is 6.83. The van der Waals surface area contributed by atoms with Crippen LogP contribution in [0.4, 0.5) is 11.4 Å². The molecule has 4 nitrogen and oxygen atoms in total. The Morgan fingerprint density at radius 1 is 1.04 bits per heavy atom. The van der Waals surface area contributed by atoms with E-state index in [0.29, 0.717) is 6.54 Å². The van der Waals surface area contributed by atoms with Crippen molar-refractivity contribution in [1.29, 1.82) is 0 Å².